The average molecular weight is 383 g/mol. The monoisotopic (exact) mass is 382 g/mol. The van der Waals surface area contributed by atoms with Gasteiger partial charge >= 0.3 is 0 Å². The van der Waals surface area contributed by atoms with Crippen LogP contribution in [0.15, 0.2) is 48.5 Å². The van der Waals surface area contributed by atoms with E-state index in [0.29, 0.717) is 42.7 Å². The predicted octanol–water partition coefficient (Wildman–Crippen LogP) is 4.08. The van der Waals surface area contributed by atoms with Gasteiger partial charge in [0, 0.05) is 37.4 Å². The van der Waals surface area contributed by atoms with Gasteiger partial charge < -0.3 is 19.3 Å². The number of carbonyl (C=O) groups excluding carboxylic acids is 1. The topological polar surface area (TPSA) is 42.0 Å². The van der Waals surface area contributed by atoms with Crippen LogP contribution in [0.3, 0.4) is 0 Å². The number of anilines is 1. The maximum absolute atomic E-state index is 12.9. The first-order valence-electron chi connectivity index (χ1n) is 9.98. The van der Waals surface area contributed by atoms with E-state index >= 15 is 0 Å². The van der Waals surface area contributed by atoms with Crippen LogP contribution in [0.25, 0.3) is 0 Å². The zero-order chi connectivity index (χ0) is 19.9. The number of para-hydroxylation sites is 1. The first kappa shape index (κ1) is 20.1. The lowest BCUT2D eigenvalue weighted by molar-refractivity contribution is 0.0746. The summed E-state index contributed by atoms with van der Waals surface area (Å²) in [5.74, 6) is 1.92. The van der Waals surface area contributed by atoms with Crippen molar-refractivity contribution >= 4 is 11.6 Å². The van der Waals surface area contributed by atoms with Crippen LogP contribution in [0.1, 0.15) is 30.6 Å². The van der Waals surface area contributed by atoms with Crippen LogP contribution >= 0.6 is 0 Å². The maximum atomic E-state index is 12.9. The number of hydrogen-bond acceptors (Lipinski definition) is 4. The molecule has 0 bridgehead atoms. The SMILES string of the molecule is COc1cc(C(=O)N2CCN(c3ccccc3)CC2)ccc1OCCC(C)C. The van der Waals surface area contributed by atoms with Gasteiger partial charge in [-0.15, -0.1) is 0 Å². The van der Waals surface area contributed by atoms with Crippen molar-refractivity contribution in [3.63, 3.8) is 0 Å². The fourth-order valence-corrected chi connectivity index (χ4v) is 3.31. The molecule has 5 heteroatoms. The molecule has 1 heterocycles. The average Bonchev–Trinajstić information content (AvgIpc) is 2.74. The Kier molecular flexibility index (Phi) is 6.80. The van der Waals surface area contributed by atoms with Gasteiger partial charge in [0.1, 0.15) is 0 Å². The molecule has 28 heavy (non-hydrogen) atoms. The highest BCUT2D eigenvalue weighted by atomic mass is 16.5. The van der Waals surface area contributed by atoms with Gasteiger partial charge in [-0.1, -0.05) is 32.0 Å². The Bertz CT molecular complexity index is 769. The Morgan fingerprint density at radius 1 is 1.00 bits per heavy atom. The molecule has 5 nitrogen and oxygen atoms in total. The third-order valence-electron chi connectivity index (χ3n) is 5.05. The molecule has 1 saturated heterocycles. The van der Waals surface area contributed by atoms with Crippen LogP contribution in [0.2, 0.25) is 0 Å². The zero-order valence-electron chi connectivity index (χ0n) is 17.1. The first-order chi connectivity index (χ1) is 13.6. The molecule has 0 N–H and O–H groups in total. The summed E-state index contributed by atoms with van der Waals surface area (Å²) in [6.07, 6.45) is 0.982. The van der Waals surface area contributed by atoms with E-state index < -0.39 is 0 Å². The molecule has 0 saturated carbocycles. The predicted molar refractivity (Wildman–Crippen MR) is 113 cm³/mol. The second-order valence-electron chi connectivity index (χ2n) is 7.51. The summed E-state index contributed by atoms with van der Waals surface area (Å²) in [6.45, 7) is 8.07. The van der Waals surface area contributed by atoms with Crippen molar-refractivity contribution in [2.45, 2.75) is 20.3 Å². The minimum Gasteiger partial charge on any atom is -0.493 e. The second-order valence-corrected chi connectivity index (χ2v) is 7.51. The Morgan fingerprint density at radius 3 is 2.36 bits per heavy atom. The number of ether oxygens (including phenoxy) is 2. The lowest BCUT2D eigenvalue weighted by Gasteiger charge is -2.36. The van der Waals surface area contributed by atoms with E-state index in [4.69, 9.17) is 9.47 Å². The Hall–Kier alpha value is -2.69. The number of nitrogens with zero attached hydrogens (tertiary/aromatic N) is 2. The molecule has 1 amide bonds. The van der Waals surface area contributed by atoms with Crippen molar-refractivity contribution in [2.75, 3.05) is 44.8 Å². The van der Waals surface area contributed by atoms with Gasteiger partial charge in [-0.25, -0.2) is 0 Å². The quantitative estimate of drug-likeness (QED) is 0.724. The van der Waals surface area contributed by atoms with Crippen LogP contribution < -0.4 is 14.4 Å². The van der Waals surface area contributed by atoms with Gasteiger partial charge in [0.15, 0.2) is 11.5 Å². The number of piperazine rings is 1. The molecular formula is C23H30N2O3. The Balaban J connectivity index is 1.61. The summed E-state index contributed by atoms with van der Waals surface area (Å²) >= 11 is 0. The largest absolute Gasteiger partial charge is 0.493 e. The number of hydrogen-bond donors (Lipinski definition) is 0. The molecule has 1 fully saturated rings. The maximum Gasteiger partial charge on any atom is 0.254 e. The molecule has 0 radical (unpaired) electrons. The van der Waals surface area contributed by atoms with Gasteiger partial charge in [0.25, 0.3) is 5.91 Å². The zero-order valence-corrected chi connectivity index (χ0v) is 17.1. The van der Waals surface area contributed by atoms with Crippen molar-refractivity contribution in [3.05, 3.63) is 54.1 Å². The van der Waals surface area contributed by atoms with Crippen LogP contribution in [-0.2, 0) is 0 Å². The number of benzene rings is 2. The smallest absolute Gasteiger partial charge is 0.254 e. The summed E-state index contributed by atoms with van der Waals surface area (Å²) in [5.41, 5.74) is 1.85. The third-order valence-corrected chi connectivity index (χ3v) is 5.05. The van der Waals surface area contributed by atoms with E-state index in [2.05, 4.69) is 30.9 Å². The fourth-order valence-electron chi connectivity index (χ4n) is 3.31. The lowest BCUT2D eigenvalue weighted by atomic mass is 10.1. The standard InChI is InChI=1S/C23H30N2O3/c1-18(2)11-16-28-21-10-9-19(17-22(21)27-3)23(26)25-14-12-24(13-15-25)20-7-5-4-6-8-20/h4-10,17-18H,11-16H2,1-3H3. The number of carbonyl (C=O) groups is 1. The van der Waals surface area contributed by atoms with E-state index in [9.17, 15) is 4.79 Å². The highest BCUT2D eigenvalue weighted by Crippen LogP contribution is 2.29. The second kappa shape index (κ2) is 9.49. The molecular weight excluding hydrogens is 352 g/mol. The summed E-state index contributed by atoms with van der Waals surface area (Å²) < 4.78 is 11.3. The van der Waals surface area contributed by atoms with Crippen LogP contribution in [0.4, 0.5) is 5.69 Å². The van der Waals surface area contributed by atoms with Crippen LogP contribution in [0, 0.1) is 5.92 Å². The van der Waals surface area contributed by atoms with Gasteiger partial charge in [0.2, 0.25) is 0 Å². The summed E-state index contributed by atoms with van der Waals surface area (Å²) in [5, 5.41) is 0. The molecule has 0 aliphatic carbocycles. The summed E-state index contributed by atoms with van der Waals surface area (Å²) in [7, 11) is 1.61. The number of amides is 1. The third kappa shape index (κ3) is 4.97. The van der Waals surface area contributed by atoms with Crippen molar-refractivity contribution < 1.29 is 14.3 Å². The summed E-state index contributed by atoms with van der Waals surface area (Å²) in [4.78, 5) is 17.2. The Labute approximate surface area is 167 Å². The first-order valence-corrected chi connectivity index (χ1v) is 9.98. The highest BCUT2D eigenvalue weighted by Gasteiger charge is 2.23. The normalized spacial score (nSPS) is 14.3. The number of methoxy groups -OCH3 is 1. The van der Waals surface area contributed by atoms with Crippen LogP contribution in [-0.4, -0.2) is 50.7 Å². The van der Waals surface area contributed by atoms with E-state index in [1.807, 2.05) is 35.2 Å². The van der Waals surface area contributed by atoms with Crippen molar-refractivity contribution in [1.82, 2.24) is 4.90 Å². The summed E-state index contributed by atoms with van der Waals surface area (Å²) in [6, 6.07) is 15.8. The van der Waals surface area contributed by atoms with Gasteiger partial charge in [0.05, 0.1) is 13.7 Å². The van der Waals surface area contributed by atoms with Gasteiger partial charge in [-0.2, -0.15) is 0 Å². The van der Waals surface area contributed by atoms with Crippen molar-refractivity contribution in [2.24, 2.45) is 5.92 Å². The van der Waals surface area contributed by atoms with Crippen molar-refractivity contribution in [1.29, 1.82) is 0 Å². The minimum atomic E-state index is 0.0414. The highest BCUT2D eigenvalue weighted by molar-refractivity contribution is 5.95. The molecule has 0 spiro atoms. The van der Waals surface area contributed by atoms with Crippen molar-refractivity contribution in [3.8, 4) is 11.5 Å². The molecule has 150 valence electrons. The molecule has 3 rings (SSSR count). The lowest BCUT2D eigenvalue weighted by Crippen LogP contribution is -2.48. The molecule has 1 aliphatic heterocycles. The van der Waals surface area contributed by atoms with Gasteiger partial charge in [-0.05, 0) is 42.7 Å². The molecule has 0 aromatic heterocycles. The molecule has 0 atom stereocenters. The molecule has 2 aromatic rings. The van der Waals surface area contributed by atoms with E-state index in [-0.39, 0.29) is 5.91 Å². The van der Waals surface area contributed by atoms with E-state index in [0.717, 1.165) is 19.5 Å². The fraction of sp³-hybridized carbons (Fsp3) is 0.435. The van der Waals surface area contributed by atoms with Gasteiger partial charge in [-0.3, -0.25) is 4.79 Å². The molecule has 1 aliphatic rings. The molecule has 2 aromatic carbocycles. The Morgan fingerprint density at radius 2 is 1.71 bits per heavy atom. The molecule has 0 unspecified atom stereocenters. The van der Waals surface area contributed by atoms with E-state index in [1.165, 1.54) is 5.69 Å². The van der Waals surface area contributed by atoms with E-state index in [1.54, 1.807) is 13.2 Å². The number of rotatable bonds is 7. The minimum absolute atomic E-state index is 0.0414. The van der Waals surface area contributed by atoms with Crippen LogP contribution in [0.5, 0.6) is 11.5 Å².